The van der Waals surface area contributed by atoms with E-state index in [-0.39, 0.29) is 0 Å². The predicted octanol–water partition coefficient (Wildman–Crippen LogP) is 6.60. The van der Waals surface area contributed by atoms with Gasteiger partial charge in [-0.3, -0.25) is 0 Å². The fourth-order valence-electron chi connectivity index (χ4n) is 4.08. The number of fused-ring (bicyclic) bond motifs is 1. The molecule has 0 amide bonds. The molecule has 2 aromatic carbocycles. The molecule has 0 spiro atoms. The number of hydrogen-bond acceptors (Lipinski definition) is 6. The summed E-state index contributed by atoms with van der Waals surface area (Å²) in [5.74, 6) is 1.38. The van der Waals surface area contributed by atoms with E-state index in [2.05, 4.69) is 30.5 Å². The van der Waals surface area contributed by atoms with E-state index in [4.69, 9.17) is 14.5 Å². The molecule has 6 heteroatoms. The lowest BCUT2D eigenvalue weighted by Crippen LogP contribution is -2.03. The van der Waals surface area contributed by atoms with Gasteiger partial charge in [0.15, 0.2) is 0 Å². The van der Waals surface area contributed by atoms with E-state index in [1.807, 2.05) is 24.3 Å². The number of rotatable bonds is 7. The summed E-state index contributed by atoms with van der Waals surface area (Å²) in [6.07, 6.45) is 6.83. The largest absolute Gasteiger partial charge is 0.497 e. The second-order valence-electron chi connectivity index (χ2n) is 7.69. The molecule has 32 heavy (non-hydrogen) atoms. The molecule has 0 radical (unpaired) electrons. The van der Waals surface area contributed by atoms with Crippen molar-refractivity contribution in [2.45, 2.75) is 30.7 Å². The molecule has 0 N–H and O–H groups in total. The highest BCUT2D eigenvalue weighted by atomic mass is 32.2. The van der Waals surface area contributed by atoms with E-state index < -0.39 is 0 Å². The normalized spacial score (nSPS) is 12.7. The minimum Gasteiger partial charge on any atom is -0.497 e. The fourth-order valence-corrected chi connectivity index (χ4v) is 5.46. The second kappa shape index (κ2) is 10.3. The molecule has 1 aliphatic rings. The van der Waals surface area contributed by atoms with Crippen molar-refractivity contribution >= 4 is 23.5 Å². The van der Waals surface area contributed by atoms with Gasteiger partial charge in [-0.05, 0) is 72.9 Å². The lowest BCUT2D eigenvalue weighted by atomic mass is 9.89. The molecule has 1 heterocycles. The standard InChI is InChI=1S/C26H26N2O2S2/c1-29-21-11-20(12-22(13-21)30-2)23-14-25(28-26(24(23)15-27)32-16-31-3)19-9-8-17-6-4-5-7-18(17)10-19/h8-14H,4-7,16H2,1-3H3. The highest BCUT2D eigenvalue weighted by Crippen LogP contribution is 2.38. The Morgan fingerprint density at radius 3 is 2.31 bits per heavy atom. The Labute approximate surface area is 198 Å². The smallest absolute Gasteiger partial charge is 0.123 e. The molecular formula is C26H26N2O2S2. The Balaban J connectivity index is 1.90. The fraction of sp³-hybridized carbons (Fsp3) is 0.308. The molecule has 0 fully saturated rings. The summed E-state index contributed by atoms with van der Waals surface area (Å²) in [4.78, 5) is 4.94. The summed E-state index contributed by atoms with van der Waals surface area (Å²) < 4.78 is 11.0. The molecule has 164 valence electrons. The van der Waals surface area contributed by atoms with Gasteiger partial charge in [0, 0.05) is 22.3 Å². The third kappa shape index (κ3) is 4.74. The topological polar surface area (TPSA) is 55.1 Å². The van der Waals surface area contributed by atoms with Crippen molar-refractivity contribution < 1.29 is 9.47 Å². The molecule has 0 unspecified atom stereocenters. The van der Waals surface area contributed by atoms with Crippen LogP contribution in [0.1, 0.15) is 29.5 Å². The van der Waals surface area contributed by atoms with Crippen molar-refractivity contribution in [3.63, 3.8) is 0 Å². The van der Waals surface area contributed by atoms with Gasteiger partial charge in [0.05, 0.1) is 25.5 Å². The Bertz CT molecular complexity index is 1150. The Hall–Kier alpha value is -2.62. The molecule has 4 rings (SSSR count). The van der Waals surface area contributed by atoms with Gasteiger partial charge < -0.3 is 9.47 Å². The van der Waals surface area contributed by atoms with Crippen molar-refractivity contribution in [2.24, 2.45) is 0 Å². The van der Waals surface area contributed by atoms with Gasteiger partial charge in [-0.2, -0.15) is 17.0 Å². The average Bonchev–Trinajstić information content (AvgIpc) is 2.86. The first kappa shape index (κ1) is 22.6. The van der Waals surface area contributed by atoms with Crippen LogP contribution in [0.3, 0.4) is 0 Å². The lowest BCUT2D eigenvalue weighted by Gasteiger charge is -2.18. The molecule has 1 aromatic heterocycles. The van der Waals surface area contributed by atoms with Crippen molar-refractivity contribution in [3.8, 4) is 40.0 Å². The Morgan fingerprint density at radius 1 is 0.938 bits per heavy atom. The van der Waals surface area contributed by atoms with Gasteiger partial charge in [-0.1, -0.05) is 23.9 Å². The van der Waals surface area contributed by atoms with E-state index in [1.54, 1.807) is 37.7 Å². The number of hydrogen-bond donors (Lipinski definition) is 0. The van der Waals surface area contributed by atoms with E-state index in [0.717, 1.165) is 45.3 Å². The van der Waals surface area contributed by atoms with Crippen LogP contribution in [0.15, 0.2) is 47.5 Å². The summed E-state index contributed by atoms with van der Waals surface area (Å²) in [5.41, 5.74) is 7.16. The number of aromatic nitrogens is 1. The van der Waals surface area contributed by atoms with Gasteiger partial charge >= 0.3 is 0 Å². The number of benzene rings is 2. The third-order valence-corrected chi connectivity index (χ3v) is 7.70. The van der Waals surface area contributed by atoms with Crippen LogP contribution in [0.2, 0.25) is 0 Å². The first-order chi connectivity index (χ1) is 15.7. The second-order valence-corrected chi connectivity index (χ2v) is 9.89. The molecule has 0 saturated carbocycles. The molecule has 3 aromatic rings. The van der Waals surface area contributed by atoms with Crippen molar-refractivity contribution in [3.05, 3.63) is 59.2 Å². The highest BCUT2D eigenvalue weighted by molar-refractivity contribution is 8.15. The Kier molecular flexibility index (Phi) is 7.29. The quantitative estimate of drug-likeness (QED) is 0.291. The number of methoxy groups -OCH3 is 2. The van der Waals surface area contributed by atoms with E-state index in [0.29, 0.717) is 17.1 Å². The van der Waals surface area contributed by atoms with Crippen LogP contribution >= 0.6 is 23.5 Å². The summed E-state index contributed by atoms with van der Waals surface area (Å²) >= 11 is 3.33. The molecule has 1 aliphatic carbocycles. The van der Waals surface area contributed by atoms with Crippen LogP contribution < -0.4 is 9.47 Å². The monoisotopic (exact) mass is 462 g/mol. The van der Waals surface area contributed by atoms with Crippen molar-refractivity contribution in [1.29, 1.82) is 5.26 Å². The first-order valence-corrected chi connectivity index (χ1v) is 13.0. The van der Waals surface area contributed by atoms with Crippen molar-refractivity contribution in [1.82, 2.24) is 4.98 Å². The summed E-state index contributed by atoms with van der Waals surface area (Å²) in [6.45, 7) is 0. The van der Waals surface area contributed by atoms with Crippen LogP contribution in [0.25, 0.3) is 22.4 Å². The number of nitriles is 1. The maximum absolute atomic E-state index is 10.1. The number of pyridine rings is 1. The van der Waals surface area contributed by atoms with E-state index in [1.165, 1.54) is 24.0 Å². The molecule has 0 saturated heterocycles. The van der Waals surface area contributed by atoms with Crippen LogP contribution in [-0.2, 0) is 12.8 Å². The first-order valence-electron chi connectivity index (χ1n) is 10.6. The minimum absolute atomic E-state index is 0.584. The zero-order valence-corrected chi connectivity index (χ0v) is 20.2. The molecule has 0 atom stereocenters. The van der Waals surface area contributed by atoms with Crippen LogP contribution in [-0.4, -0.2) is 30.5 Å². The third-order valence-electron chi connectivity index (χ3n) is 5.72. The maximum Gasteiger partial charge on any atom is 0.123 e. The number of aryl methyl sites for hydroxylation is 2. The molecule has 4 nitrogen and oxygen atoms in total. The van der Waals surface area contributed by atoms with Gasteiger partial charge in [0.1, 0.15) is 22.6 Å². The number of ether oxygens (including phenoxy) is 2. The summed E-state index contributed by atoms with van der Waals surface area (Å²) in [5, 5.41) is 11.6. The number of nitrogens with zero attached hydrogens (tertiary/aromatic N) is 2. The van der Waals surface area contributed by atoms with Crippen molar-refractivity contribution in [2.75, 3.05) is 25.6 Å². The van der Waals surface area contributed by atoms with Gasteiger partial charge in [-0.25, -0.2) is 4.98 Å². The highest BCUT2D eigenvalue weighted by Gasteiger charge is 2.18. The van der Waals surface area contributed by atoms with E-state index >= 15 is 0 Å². The SMILES string of the molecule is COc1cc(OC)cc(-c2cc(-c3ccc4c(c3)CCCC4)nc(SCSC)c2C#N)c1. The van der Waals surface area contributed by atoms with Gasteiger partial charge in [-0.15, -0.1) is 0 Å². The average molecular weight is 463 g/mol. The van der Waals surface area contributed by atoms with E-state index in [9.17, 15) is 5.26 Å². The molecule has 0 aliphatic heterocycles. The zero-order chi connectivity index (χ0) is 22.5. The van der Waals surface area contributed by atoms with Gasteiger partial charge in [0.25, 0.3) is 0 Å². The van der Waals surface area contributed by atoms with Crippen LogP contribution in [0, 0.1) is 11.3 Å². The predicted molar refractivity (Wildman–Crippen MR) is 134 cm³/mol. The molecular weight excluding hydrogens is 436 g/mol. The zero-order valence-electron chi connectivity index (χ0n) is 18.6. The summed E-state index contributed by atoms with van der Waals surface area (Å²) in [7, 11) is 3.27. The van der Waals surface area contributed by atoms with Crippen LogP contribution in [0.4, 0.5) is 0 Å². The molecule has 0 bridgehead atoms. The van der Waals surface area contributed by atoms with Gasteiger partial charge in [0.2, 0.25) is 0 Å². The maximum atomic E-state index is 10.1. The van der Waals surface area contributed by atoms with Crippen LogP contribution in [0.5, 0.6) is 11.5 Å². The summed E-state index contributed by atoms with van der Waals surface area (Å²) in [6, 6.07) is 16.8. The number of thioether (sulfide) groups is 2. The Morgan fingerprint density at radius 2 is 1.66 bits per heavy atom. The lowest BCUT2D eigenvalue weighted by molar-refractivity contribution is 0.394. The minimum atomic E-state index is 0.584.